The minimum atomic E-state index is 0.231. The average molecular weight is 367 g/mol. The fourth-order valence-corrected chi connectivity index (χ4v) is 3.07. The van der Waals surface area contributed by atoms with E-state index in [-0.39, 0.29) is 11.5 Å². The summed E-state index contributed by atoms with van der Waals surface area (Å²) in [5, 5.41) is 4.33. The first-order valence-corrected chi connectivity index (χ1v) is 8.29. The van der Waals surface area contributed by atoms with E-state index in [2.05, 4.69) is 66.3 Å². The predicted molar refractivity (Wildman–Crippen MR) is 96.0 cm³/mol. The normalized spacial score (nSPS) is 13.0. The van der Waals surface area contributed by atoms with E-state index < -0.39 is 0 Å². The molecule has 1 N–H and O–H groups in total. The molecule has 0 aliphatic rings. The van der Waals surface area contributed by atoms with Crippen molar-refractivity contribution in [1.29, 1.82) is 0 Å². The summed E-state index contributed by atoms with van der Waals surface area (Å²) in [5.74, 6) is 0. The van der Waals surface area contributed by atoms with E-state index in [0.717, 1.165) is 21.6 Å². The van der Waals surface area contributed by atoms with Crippen molar-refractivity contribution in [2.75, 3.05) is 5.32 Å². The van der Waals surface area contributed by atoms with Crippen LogP contribution in [0.5, 0.6) is 0 Å². The van der Waals surface area contributed by atoms with Gasteiger partial charge < -0.3 is 5.32 Å². The minimum Gasteiger partial charge on any atom is -0.377 e. The third-order valence-electron chi connectivity index (χ3n) is 3.28. The molecule has 1 nitrogen and oxygen atoms in total. The summed E-state index contributed by atoms with van der Waals surface area (Å²) >= 11 is 9.78. The summed E-state index contributed by atoms with van der Waals surface area (Å²) in [6.45, 7) is 6.77. The van der Waals surface area contributed by atoms with Gasteiger partial charge in [-0.2, -0.15) is 0 Å². The zero-order chi connectivity index (χ0) is 15.5. The number of anilines is 1. The van der Waals surface area contributed by atoms with Gasteiger partial charge in [-0.05, 0) is 35.6 Å². The topological polar surface area (TPSA) is 12.0 Å². The van der Waals surface area contributed by atoms with Gasteiger partial charge in [0.05, 0.1) is 16.8 Å². The first kappa shape index (κ1) is 16.4. The summed E-state index contributed by atoms with van der Waals surface area (Å²) in [7, 11) is 0. The maximum atomic E-state index is 6.34. The SMILES string of the molecule is CC(C)(C)CC(Nc1ccc(Br)cc1Cl)c1ccccc1. The number of hydrogen-bond donors (Lipinski definition) is 1. The molecule has 0 saturated carbocycles. The van der Waals surface area contributed by atoms with E-state index in [4.69, 9.17) is 11.6 Å². The van der Waals surface area contributed by atoms with Gasteiger partial charge in [-0.3, -0.25) is 0 Å². The lowest BCUT2D eigenvalue weighted by molar-refractivity contribution is 0.352. The Morgan fingerprint density at radius 1 is 1.10 bits per heavy atom. The summed E-state index contributed by atoms with van der Waals surface area (Å²) < 4.78 is 0.991. The van der Waals surface area contributed by atoms with Crippen LogP contribution in [0.2, 0.25) is 5.02 Å². The molecule has 0 aliphatic carbocycles. The van der Waals surface area contributed by atoms with Gasteiger partial charge in [-0.1, -0.05) is 78.6 Å². The molecule has 21 heavy (non-hydrogen) atoms. The van der Waals surface area contributed by atoms with Crippen LogP contribution in [0.1, 0.15) is 38.8 Å². The molecule has 0 bridgehead atoms. The second-order valence-electron chi connectivity index (χ2n) is 6.50. The molecule has 0 heterocycles. The van der Waals surface area contributed by atoms with Crippen LogP contribution in [0.4, 0.5) is 5.69 Å². The molecule has 1 unspecified atom stereocenters. The molecule has 2 rings (SSSR count). The van der Waals surface area contributed by atoms with Crippen molar-refractivity contribution in [2.24, 2.45) is 5.41 Å². The first-order valence-electron chi connectivity index (χ1n) is 7.12. The van der Waals surface area contributed by atoms with Crippen molar-refractivity contribution in [3.05, 3.63) is 63.6 Å². The fourth-order valence-electron chi connectivity index (χ4n) is 2.34. The number of halogens is 2. The number of rotatable bonds is 4. The highest BCUT2D eigenvalue weighted by Crippen LogP contribution is 2.35. The fraction of sp³-hybridized carbons (Fsp3) is 0.333. The van der Waals surface area contributed by atoms with E-state index in [1.54, 1.807) is 0 Å². The molecule has 3 heteroatoms. The lowest BCUT2D eigenvalue weighted by Crippen LogP contribution is -2.18. The Balaban J connectivity index is 2.28. The Labute approximate surface area is 140 Å². The Kier molecular flexibility index (Phi) is 5.34. The number of hydrogen-bond acceptors (Lipinski definition) is 1. The van der Waals surface area contributed by atoms with Crippen LogP contribution in [0.15, 0.2) is 53.0 Å². The van der Waals surface area contributed by atoms with E-state index in [9.17, 15) is 0 Å². The first-order chi connectivity index (χ1) is 9.85. The third kappa shape index (κ3) is 5.05. The smallest absolute Gasteiger partial charge is 0.0648 e. The molecule has 1 atom stereocenters. The van der Waals surface area contributed by atoms with Crippen molar-refractivity contribution in [3.63, 3.8) is 0 Å². The Morgan fingerprint density at radius 3 is 2.33 bits per heavy atom. The van der Waals surface area contributed by atoms with Gasteiger partial charge in [0.15, 0.2) is 0 Å². The average Bonchev–Trinajstić information content (AvgIpc) is 2.40. The summed E-state index contributed by atoms with van der Waals surface area (Å²) in [4.78, 5) is 0. The van der Waals surface area contributed by atoms with Crippen LogP contribution < -0.4 is 5.32 Å². The van der Waals surface area contributed by atoms with Crippen molar-refractivity contribution in [3.8, 4) is 0 Å². The second kappa shape index (κ2) is 6.85. The lowest BCUT2D eigenvalue weighted by atomic mass is 9.85. The zero-order valence-electron chi connectivity index (χ0n) is 12.7. The van der Waals surface area contributed by atoms with Crippen LogP contribution in [0, 0.1) is 5.41 Å². The molecular weight excluding hydrogens is 346 g/mol. The summed E-state index contributed by atoms with van der Waals surface area (Å²) in [5.41, 5.74) is 2.49. The highest BCUT2D eigenvalue weighted by Gasteiger charge is 2.20. The van der Waals surface area contributed by atoms with Gasteiger partial charge in [-0.15, -0.1) is 0 Å². The van der Waals surface area contributed by atoms with Crippen LogP contribution in [-0.4, -0.2) is 0 Å². The van der Waals surface area contributed by atoms with Gasteiger partial charge >= 0.3 is 0 Å². The molecule has 0 aromatic heterocycles. The molecule has 0 aliphatic heterocycles. The summed E-state index contributed by atoms with van der Waals surface area (Å²) in [6.07, 6.45) is 1.03. The minimum absolute atomic E-state index is 0.231. The molecule has 112 valence electrons. The largest absolute Gasteiger partial charge is 0.377 e. The summed E-state index contributed by atoms with van der Waals surface area (Å²) in [6, 6.07) is 16.7. The lowest BCUT2D eigenvalue weighted by Gasteiger charge is -2.28. The molecule has 0 saturated heterocycles. The molecule has 2 aromatic rings. The predicted octanol–water partition coefficient (Wildman–Crippen LogP) is 6.69. The highest BCUT2D eigenvalue weighted by molar-refractivity contribution is 9.10. The molecule has 0 amide bonds. The Hall–Kier alpha value is -0.990. The Bertz CT molecular complexity index is 590. The third-order valence-corrected chi connectivity index (χ3v) is 4.09. The van der Waals surface area contributed by atoms with Crippen LogP contribution in [0.3, 0.4) is 0 Å². The van der Waals surface area contributed by atoms with Crippen molar-refractivity contribution >= 4 is 33.2 Å². The van der Waals surface area contributed by atoms with Gasteiger partial charge in [0.25, 0.3) is 0 Å². The zero-order valence-corrected chi connectivity index (χ0v) is 15.0. The number of benzene rings is 2. The van der Waals surface area contributed by atoms with Crippen LogP contribution in [0.25, 0.3) is 0 Å². The van der Waals surface area contributed by atoms with Gasteiger partial charge in [-0.25, -0.2) is 0 Å². The molecule has 2 aromatic carbocycles. The maximum Gasteiger partial charge on any atom is 0.0648 e. The van der Waals surface area contributed by atoms with Crippen molar-refractivity contribution in [1.82, 2.24) is 0 Å². The molecule has 0 radical (unpaired) electrons. The van der Waals surface area contributed by atoms with Crippen LogP contribution >= 0.6 is 27.5 Å². The molecule has 0 fully saturated rings. The molecular formula is C18H21BrClN. The second-order valence-corrected chi connectivity index (χ2v) is 7.82. The quantitative estimate of drug-likeness (QED) is 0.635. The van der Waals surface area contributed by atoms with E-state index in [0.29, 0.717) is 0 Å². The van der Waals surface area contributed by atoms with Gasteiger partial charge in [0.1, 0.15) is 0 Å². The van der Waals surface area contributed by atoms with Gasteiger partial charge in [0.2, 0.25) is 0 Å². The van der Waals surface area contributed by atoms with Gasteiger partial charge in [0, 0.05) is 4.47 Å². The van der Waals surface area contributed by atoms with Crippen LogP contribution in [-0.2, 0) is 0 Å². The highest BCUT2D eigenvalue weighted by atomic mass is 79.9. The standard InChI is InChI=1S/C18H21BrClN/c1-18(2,3)12-17(13-7-5-4-6-8-13)21-16-10-9-14(19)11-15(16)20/h4-11,17,21H,12H2,1-3H3. The maximum absolute atomic E-state index is 6.34. The Morgan fingerprint density at radius 2 is 1.76 bits per heavy atom. The number of nitrogens with one attached hydrogen (secondary N) is 1. The van der Waals surface area contributed by atoms with Crippen molar-refractivity contribution in [2.45, 2.75) is 33.2 Å². The monoisotopic (exact) mass is 365 g/mol. The molecule has 0 spiro atoms. The van der Waals surface area contributed by atoms with Crippen molar-refractivity contribution < 1.29 is 0 Å². The van der Waals surface area contributed by atoms with E-state index in [1.807, 2.05) is 24.3 Å². The van der Waals surface area contributed by atoms with E-state index in [1.165, 1.54) is 5.56 Å². The van der Waals surface area contributed by atoms with E-state index >= 15 is 0 Å².